The molecular formula is C23H19F3N6O2. The lowest BCUT2D eigenvalue weighted by atomic mass is 10.2. The topological polar surface area (TPSA) is 94.0 Å². The summed E-state index contributed by atoms with van der Waals surface area (Å²) in [5.74, 6) is 1.32. The predicted octanol–water partition coefficient (Wildman–Crippen LogP) is 5.73. The van der Waals surface area contributed by atoms with Crippen LogP contribution < -0.4 is 15.4 Å². The Labute approximate surface area is 192 Å². The van der Waals surface area contributed by atoms with Crippen LogP contribution in [0, 0.1) is 13.8 Å². The van der Waals surface area contributed by atoms with E-state index in [0.717, 1.165) is 23.5 Å². The predicted molar refractivity (Wildman–Crippen MR) is 119 cm³/mol. The minimum Gasteiger partial charge on any atom is -0.439 e. The standard InChI is InChI=1S/C23H19F3N6O2/c1-14-10-15(2)32(31-14)20-12-21(28-13-27-20)34-19-8-6-17(7-9-19)29-22(33)30-18-5-3-4-16(11-18)23(24,25)26/h3-13H,1-2H3,(H2,29,30,33). The van der Waals surface area contributed by atoms with E-state index < -0.39 is 17.8 Å². The molecule has 4 aromatic rings. The minimum absolute atomic E-state index is 0.0226. The van der Waals surface area contributed by atoms with Gasteiger partial charge in [0.2, 0.25) is 5.88 Å². The number of amides is 2. The van der Waals surface area contributed by atoms with Gasteiger partial charge < -0.3 is 15.4 Å². The number of halogens is 3. The van der Waals surface area contributed by atoms with Crippen LogP contribution in [0.15, 0.2) is 67.0 Å². The Balaban J connectivity index is 1.39. The monoisotopic (exact) mass is 468 g/mol. The third-order valence-electron chi connectivity index (χ3n) is 4.64. The number of alkyl halides is 3. The number of benzene rings is 2. The van der Waals surface area contributed by atoms with Gasteiger partial charge in [-0.25, -0.2) is 19.4 Å². The smallest absolute Gasteiger partial charge is 0.416 e. The molecule has 0 unspecified atom stereocenters. The van der Waals surface area contributed by atoms with Gasteiger partial charge in [0.1, 0.15) is 12.1 Å². The van der Waals surface area contributed by atoms with Crippen molar-refractivity contribution >= 4 is 17.4 Å². The third kappa shape index (κ3) is 5.49. The Morgan fingerprint density at radius 3 is 2.35 bits per heavy atom. The summed E-state index contributed by atoms with van der Waals surface area (Å²) in [5, 5.41) is 9.32. The SMILES string of the molecule is Cc1cc(C)n(-c2cc(Oc3ccc(NC(=O)Nc4cccc(C(F)(F)F)c4)cc3)ncn2)n1. The highest BCUT2D eigenvalue weighted by Gasteiger charge is 2.30. The zero-order valence-electron chi connectivity index (χ0n) is 18.1. The Morgan fingerprint density at radius 2 is 1.68 bits per heavy atom. The van der Waals surface area contributed by atoms with E-state index >= 15 is 0 Å². The first-order chi connectivity index (χ1) is 16.2. The van der Waals surface area contributed by atoms with Crippen molar-refractivity contribution < 1.29 is 22.7 Å². The molecule has 0 spiro atoms. The van der Waals surface area contributed by atoms with Gasteiger partial charge in [-0.3, -0.25) is 0 Å². The fourth-order valence-electron chi connectivity index (χ4n) is 3.16. The van der Waals surface area contributed by atoms with Crippen molar-refractivity contribution in [1.82, 2.24) is 19.7 Å². The fraction of sp³-hybridized carbons (Fsp3) is 0.130. The van der Waals surface area contributed by atoms with E-state index in [1.807, 2.05) is 19.9 Å². The first kappa shape index (κ1) is 22.8. The molecule has 2 amide bonds. The number of nitrogens with zero attached hydrogens (tertiary/aromatic N) is 4. The van der Waals surface area contributed by atoms with Gasteiger partial charge in [0, 0.05) is 23.1 Å². The Kier molecular flexibility index (Phi) is 6.17. The molecule has 0 aliphatic carbocycles. The van der Waals surface area contributed by atoms with Crippen LogP contribution in [0.25, 0.3) is 5.82 Å². The molecule has 2 aromatic heterocycles. The first-order valence-electron chi connectivity index (χ1n) is 10.1. The van der Waals surface area contributed by atoms with E-state index in [2.05, 4.69) is 25.7 Å². The lowest BCUT2D eigenvalue weighted by Gasteiger charge is -2.11. The molecule has 0 bridgehead atoms. The van der Waals surface area contributed by atoms with Gasteiger partial charge in [-0.15, -0.1) is 0 Å². The fourth-order valence-corrected chi connectivity index (χ4v) is 3.16. The largest absolute Gasteiger partial charge is 0.439 e. The third-order valence-corrected chi connectivity index (χ3v) is 4.64. The van der Waals surface area contributed by atoms with Crippen LogP contribution in [0.2, 0.25) is 0 Å². The summed E-state index contributed by atoms with van der Waals surface area (Å²) in [7, 11) is 0. The number of hydrogen-bond acceptors (Lipinski definition) is 5. The molecule has 4 rings (SSSR count). The number of hydrogen-bond donors (Lipinski definition) is 2. The van der Waals surface area contributed by atoms with Gasteiger partial charge in [-0.05, 0) is 62.4 Å². The number of anilines is 2. The quantitative estimate of drug-likeness (QED) is 0.390. The number of urea groups is 1. The molecular weight excluding hydrogens is 449 g/mol. The summed E-state index contributed by atoms with van der Waals surface area (Å²) in [6, 6.07) is 13.7. The molecule has 11 heteroatoms. The Bertz CT molecular complexity index is 1320. The highest BCUT2D eigenvalue weighted by atomic mass is 19.4. The summed E-state index contributed by atoms with van der Waals surface area (Å²) in [6.07, 6.45) is -3.13. The lowest BCUT2D eigenvalue weighted by Crippen LogP contribution is -2.19. The van der Waals surface area contributed by atoms with Crippen molar-refractivity contribution in [2.75, 3.05) is 10.6 Å². The normalized spacial score (nSPS) is 11.2. The highest BCUT2D eigenvalue weighted by molar-refractivity contribution is 5.99. The van der Waals surface area contributed by atoms with E-state index in [1.165, 1.54) is 18.5 Å². The summed E-state index contributed by atoms with van der Waals surface area (Å²) < 4.78 is 45.9. The molecule has 0 aliphatic heterocycles. The van der Waals surface area contributed by atoms with Crippen molar-refractivity contribution in [3.63, 3.8) is 0 Å². The average molecular weight is 468 g/mol. The summed E-state index contributed by atoms with van der Waals surface area (Å²) in [5.41, 5.74) is 1.37. The van der Waals surface area contributed by atoms with Gasteiger partial charge in [0.15, 0.2) is 5.82 Å². The molecule has 8 nitrogen and oxygen atoms in total. The summed E-state index contributed by atoms with van der Waals surface area (Å²) >= 11 is 0. The Hall–Kier alpha value is -4.41. The summed E-state index contributed by atoms with van der Waals surface area (Å²) in [4.78, 5) is 20.5. The van der Waals surface area contributed by atoms with E-state index in [1.54, 1.807) is 35.0 Å². The van der Waals surface area contributed by atoms with Crippen LogP contribution in [0.4, 0.5) is 29.3 Å². The van der Waals surface area contributed by atoms with Crippen molar-refractivity contribution in [2.45, 2.75) is 20.0 Å². The van der Waals surface area contributed by atoms with E-state index in [9.17, 15) is 18.0 Å². The highest BCUT2D eigenvalue weighted by Crippen LogP contribution is 2.30. The molecule has 0 fully saturated rings. The maximum absolute atomic E-state index is 12.8. The van der Waals surface area contributed by atoms with Gasteiger partial charge in [0.25, 0.3) is 0 Å². The van der Waals surface area contributed by atoms with Gasteiger partial charge in [-0.2, -0.15) is 18.3 Å². The first-order valence-corrected chi connectivity index (χ1v) is 10.1. The molecule has 0 saturated carbocycles. The maximum Gasteiger partial charge on any atom is 0.416 e. The number of aryl methyl sites for hydroxylation is 2. The zero-order valence-corrected chi connectivity index (χ0v) is 18.1. The number of carbonyl (C=O) groups excluding carboxylic acids is 1. The summed E-state index contributed by atoms with van der Waals surface area (Å²) in [6.45, 7) is 3.80. The zero-order chi connectivity index (χ0) is 24.3. The number of aromatic nitrogens is 4. The van der Waals surface area contributed by atoms with Gasteiger partial charge in [-0.1, -0.05) is 6.07 Å². The molecule has 2 aromatic carbocycles. The molecule has 2 heterocycles. The van der Waals surface area contributed by atoms with Crippen LogP contribution in [0.1, 0.15) is 17.0 Å². The van der Waals surface area contributed by atoms with E-state index in [4.69, 9.17) is 4.74 Å². The van der Waals surface area contributed by atoms with Crippen LogP contribution in [0.3, 0.4) is 0 Å². The minimum atomic E-state index is -4.50. The van der Waals surface area contributed by atoms with Crippen LogP contribution in [-0.2, 0) is 6.18 Å². The van der Waals surface area contributed by atoms with Gasteiger partial charge >= 0.3 is 12.2 Å². The van der Waals surface area contributed by atoms with E-state index in [-0.39, 0.29) is 5.69 Å². The molecule has 2 N–H and O–H groups in total. The lowest BCUT2D eigenvalue weighted by molar-refractivity contribution is -0.137. The number of ether oxygens (including phenoxy) is 1. The van der Waals surface area contributed by atoms with Crippen molar-refractivity contribution in [2.24, 2.45) is 0 Å². The van der Waals surface area contributed by atoms with Gasteiger partial charge in [0.05, 0.1) is 11.3 Å². The molecule has 34 heavy (non-hydrogen) atoms. The average Bonchev–Trinajstić information content (AvgIpc) is 3.13. The Morgan fingerprint density at radius 1 is 0.941 bits per heavy atom. The molecule has 174 valence electrons. The molecule has 0 aliphatic rings. The maximum atomic E-state index is 12.8. The van der Waals surface area contributed by atoms with Crippen molar-refractivity contribution in [1.29, 1.82) is 0 Å². The molecule has 0 saturated heterocycles. The number of nitrogens with one attached hydrogen (secondary N) is 2. The van der Waals surface area contributed by atoms with Crippen LogP contribution >= 0.6 is 0 Å². The molecule has 0 atom stereocenters. The second-order valence-corrected chi connectivity index (χ2v) is 7.34. The second kappa shape index (κ2) is 9.22. The molecule has 0 radical (unpaired) electrons. The van der Waals surface area contributed by atoms with Crippen LogP contribution in [0.5, 0.6) is 11.6 Å². The van der Waals surface area contributed by atoms with Crippen molar-refractivity contribution in [3.05, 3.63) is 83.9 Å². The number of rotatable bonds is 5. The second-order valence-electron chi connectivity index (χ2n) is 7.34. The van der Waals surface area contributed by atoms with Crippen LogP contribution in [-0.4, -0.2) is 25.8 Å². The number of carbonyl (C=O) groups is 1. The van der Waals surface area contributed by atoms with Crippen molar-refractivity contribution in [3.8, 4) is 17.4 Å². The van der Waals surface area contributed by atoms with E-state index in [0.29, 0.717) is 23.1 Å².